The van der Waals surface area contributed by atoms with Crippen LogP contribution in [0.4, 0.5) is 4.79 Å². The first-order valence-corrected chi connectivity index (χ1v) is 7.30. The molecule has 1 fully saturated rings. The molecule has 1 aromatic carbocycles. The van der Waals surface area contributed by atoms with E-state index in [9.17, 15) is 4.79 Å². The van der Waals surface area contributed by atoms with Crippen LogP contribution in [-0.2, 0) is 10.3 Å². The number of hydrogen-bond acceptors (Lipinski definition) is 3. The second-order valence-corrected chi connectivity index (χ2v) is 6.85. The fraction of sp³-hybridized carbons (Fsp3) is 0.471. The van der Waals surface area contributed by atoms with Gasteiger partial charge in [0.25, 0.3) is 0 Å². The molecule has 1 aromatic heterocycles. The van der Waals surface area contributed by atoms with Gasteiger partial charge in [0, 0.05) is 5.39 Å². The maximum Gasteiger partial charge on any atom is 0.408 e. The highest BCUT2D eigenvalue weighted by Gasteiger charge is 2.56. The topological polar surface area (TPSA) is 51.5 Å². The molecule has 0 bridgehead atoms. The van der Waals surface area contributed by atoms with Gasteiger partial charge >= 0.3 is 6.09 Å². The van der Waals surface area contributed by atoms with E-state index in [0.717, 1.165) is 23.2 Å². The van der Waals surface area contributed by atoms with E-state index in [1.54, 1.807) is 0 Å². The number of rotatable bonds is 2. The Bertz CT molecular complexity index is 650. The van der Waals surface area contributed by atoms with Gasteiger partial charge in [-0.1, -0.05) is 25.1 Å². The monoisotopic (exact) mass is 287 g/mol. The van der Waals surface area contributed by atoms with Crippen molar-refractivity contribution in [1.29, 1.82) is 0 Å². The zero-order chi connectivity index (χ0) is 15.3. The summed E-state index contributed by atoms with van der Waals surface area (Å²) >= 11 is 0. The van der Waals surface area contributed by atoms with Crippen LogP contribution in [0.15, 0.2) is 34.7 Å². The summed E-state index contributed by atoms with van der Waals surface area (Å²) in [7, 11) is 0. The molecule has 4 heteroatoms. The van der Waals surface area contributed by atoms with Crippen molar-refractivity contribution in [3.05, 3.63) is 36.1 Å². The van der Waals surface area contributed by atoms with E-state index in [0.29, 0.717) is 5.92 Å². The Morgan fingerprint density at radius 1 is 1.38 bits per heavy atom. The SMILES string of the molecule is CC1CC1(NC(=O)OC(C)(C)C)c1cc2ccccc2o1. The lowest BCUT2D eigenvalue weighted by atomic mass is 10.1. The third kappa shape index (κ3) is 2.62. The number of ether oxygens (including phenoxy) is 1. The molecule has 1 amide bonds. The van der Waals surface area contributed by atoms with E-state index >= 15 is 0 Å². The van der Waals surface area contributed by atoms with Gasteiger partial charge in [0.15, 0.2) is 0 Å². The molecule has 112 valence electrons. The molecule has 1 N–H and O–H groups in total. The van der Waals surface area contributed by atoms with Crippen molar-refractivity contribution in [2.24, 2.45) is 5.92 Å². The Balaban J connectivity index is 1.85. The second kappa shape index (κ2) is 4.52. The summed E-state index contributed by atoms with van der Waals surface area (Å²) in [5.41, 5.74) is -0.0875. The lowest BCUT2D eigenvalue weighted by molar-refractivity contribution is 0.0482. The van der Waals surface area contributed by atoms with Crippen LogP contribution in [0.25, 0.3) is 11.0 Å². The molecule has 2 aromatic rings. The molecule has 1 heterocycles. The van der Waals surface area contributed by atoms with Gasteiger partial charge in [-0.25, -0.2) is 4.79 Å². The molecule has 0 spiro atoms. The van der Waals surface area contributed by atoms with E-state index in [4.69, 9.17) is 9.15 Å². The van der Waals surface area contributed by atoms with Crippen molar-refractivity contribution in [2.45, 2.75) is 45.3 Å². The minimum atomic E-state index is -0.503. The predicted molar refractivity (Wildman–Crippen MR) is 81.0 cm³/mol. The van der Waals surface area contributed by atoms with Crippen LogP contribution in [0.3, 0.4) is 0 Å². The summed E-state index contributed by atoms with van der Waals surface area (Å²) in [4.78, 5) is 12.1. The second-order valence-electron chi connectivity index (χ2n) is 6.85. The first-order valence-electron chi connectivity index (χ1n) is 7.30. The van der Waals surface area contributed by atoms with Gasteiger partial charge in [-0.15, -0.1) is 0 Å². The lowest BCUT2D eigenvalue weighted by Crippen LogP contribution is -2.40. The Morgan fingerprint density at radius 2 is 2.05 bits per heavy atom. The quantitative estimate of drug-likeness (QED) is 0.901. The van der Waals surface area contributed by atoms with Crippen LogP contribution in [0.2, 0.25) is 0 Å². The number of hydrogen-bond donors (Lipinski definition) is 1. The number of benzene rings is 1. The molecule has 1 aliphatic rings. The molecule has 0 radical (unpaired) electrons. The maximum atomic E-state index is 12.1. The third-order valence-corrected chi connectivity index (χ3v) is 3.90. The highest BCUT2D eigenvalue weighted by atomic mass is 16.6. The molecule has 21 heavy (non-hydrogen) atoms. The largest absolute Gasteiger partial charge is 0.459 e. The molecule has 4 nitrogen and oxygen atoms in total. The number of alkyl carbamates (subject to hydrolysis) is 1. The first kappa shape index (κ1) is 14.0. The number of amides is 1. The number of carbonyl (C=O) groups is 1. The molecule has 0 saturated heterocycles. The zero-order valence-corrected chi connectivity index (χ0v) is 12.9. The van der Waals surface area contributed by atoms with Crippen LogP contribution in [0.5, 0.6) is 0 Å². The Labute approximate surface area is 124 Å². The van der Waals surface area contributed by atoms with Crippen molar-refractivity contribution in [2.75, 3.05) is 0 Å². The molecule has 2 atom stereocenters. The number of fused-ring (bicyclic) bond motifs is 1. The van der Waals surface area contributed by atoms with E-state index in [2.05, 4.69) is 12.2 Å². The van der Waals surface area contributed by atoms with Crippen LogP contribution in [0, 0.1) is 5.92 Å². The fourth-order valence-corrected chi connectivity index (χ4v) is 2.69. The van der Waals surface area contributed by atoms with Crippen LogP contribution < -0.4 is 5.32 Å². The number of furan rings is 1. The predicted octanol–water partition coefficient (Wildman–Crippen LogP) is 4.19. The highest BCUT2D eigenvalue weighted by Crippen LogP contribution is 2.52. The minimum Gasteiger partial charge on any atom is -0.459 e. The van der Waals surface area contributed by atoms with E-state index in [1.807, 2.05) is 51.1 Å². The summed E-state index contributed by atoms with van der Waals surface area (Å²) in [5, 5.41) is 4.05. The molecule has 1 saturated carbocycles. The summed E-state index contributed by atoms with van der Waals surface area (Å²) in [5.74, 6) is 1.15. The van der Waals surface area contributed by atoms with Gasteiger partial charge < -0.3 is 14.5 Å². The Morgan fingerprint density at radius 3 is 2.62 bits per heavy atom. The van der Waals surface area contributed by atoms with Gasteiger partial charge in [0.1, 0.15) is 22.5 Å². The molecular weight excluding hydrogens is 266 g/mol. The summed E-state index contributed by atoms with van der Waals surface area (Å²) in [6.07, 6.45) is 0.471. The van der Waals surface area contributed by atoms with Crippen LogP contribution in [0.1, 0.15) is 39.9 Å². The summed E-state index contributed by atoms with van der Waals surface area (Å²) in [6, 6.07) is 9.88. The van der Waals surface area contributed by atoms with Gasteiger partial charge in [0.05, 0.1) is 0 Å². The Kier molecular flexibility index (Phi) is 3.01. The molecular formula is C17H21NO3. The average Bonchev–Trinajstić information content (AvgIpc) is 2.85. The molecule has 2 unspecified atom stereocenters. The highest BCUT2D eigenvalue weighted by molar-refractivity contribution is 5.79. The minimum absolute atomic E-state index is 0.339. The molecule has 3 rings (SSSR count). The Hall–Kier alpha value is -1.97. The standard InChI is InChI=1S/C17H21NO3/c1-11-10-17(11,18-15(19)21-16(2,3)4)14-9-12-7-5-6-8-13(12)20-14/h5-9,11H,10H2,1-4H3,(H,18,19). The normalized spacial score (nSPS) is 24.9. The van der Waals surface area contributed by atoms with Gasteiger partial charge in [-0.05, 0) is 45.2 Å². The van der Waals surface area contributed by atoms with Crippen molar-refractivity contribution < 1.29 is 13.9 Å². The summed E-state index contributed by atoms with van der Waals surface area (Å²) in [6.45, 7) is 7.68. The number of nitrogens with one attached hydrogen (secondary N) is 1. The summed E-state index contributed by atoms with van der Waals surface area (Å²) < 4.78 is 11.3. The van der Waals surface area contributed by atoms with Crippen molar-refractivity contribution >= 4 is 17.1 Å². The molecule has 1 aliphatic carbocycles. The van der Waals surface area contributed by atoms with Crippen molar-refractivity contribution in [1.82, 2.24) is 5.32 Å². The fourth-order valence-electron chi connectivity index (χ4n) is 2.69. The third-order valence-electron chi connectivity index (χ3n) is 3.90. The zero-order valence-electron chi connectivity index (χ0n) is 12.9. The molecule has 0 aliphatic heterocycles. The van der Waals surface area contributed by atoms with Crippen LogP contribution in [-0.4, -0.2) is 11.7 Å². The average molecular weight is 287 g/mol. The van der Waals surface area contributed by atoms with Crippen molar-refractivity contribution in [3.8, 4) is 0 Å². The number of para-hydroxylation sites is 1. The lowest BCUT2D eigenvalue weighted by Gasteiger charge is -2.23. The van der Waals surface area contributed by atoms with E-state index < -0.39 is 17.2 Å². The maximum absolute atomic E-state index is 12.1. The van der Waals surface area contributed by atoms with Gasteiger partial charge in [-0.3, -0.25) is 0 Å². The van der Waals surface area contributed by atoms with Crippen molar-refractivity contribution in [3.63, 3.8) is 0 Å². The number of carbonyl (C=O) groups excluding carboxylic acids is 1. The first-order chi connectivity index (χ1) is 9.80. The van der Waals surface area contributed by atoms with Crippen LogP contribution >= 0.6 is 0 Å². The van der Waals surface area contributed by atoms with Gasteiger partial charge in [0.2, 0.25) is 0 Å². The van der Waals surface area contributed by atoms with E-state index in [-0.39, 0.29) is 0 Å². The van der Waals surface area contributed by atoms with E-state index in [1.165, 1.54) is 0 Å². The van der Waals surface area contributed by atoms with Gasteiger partial charge in [-0.2, -0.15) is 0 Å². The smallest absolute Gasteiger partial charge is 0.408 e.